The van der Waals surface area contributed by atoms with Gasteiger partial charge < -0.3 is 15.4 Å². The molecule has 2 saturated carbocycles. The van der Waals surface area contributed by atoms with Gasteiger partial charge in [-0.2, -0.15) is 15.3 Å². The molecular formula is C33H37ClFN9O3. The number of aromatic nitrogens is 7. The fourth-order valence-corrected chi connectivity index (χ4v) is 6.46. The van der Waals surface area contributed by atoms with Crippen molar-refractivity contribution in [1.82, 2.24) is 40.1 Å². The number of nitrogens with zero attached hydrogens (tertiary/aromatic N) is 6. The number of carbonyl (C=O) groups excluding carboxylic acids is 1. The van der Waals surface area contributed by atoms with Crippen LogP contribution < -0.4 is 16.2 Å². The van der Waals surface area contributed by atoms with E-state index in [9.17, 15) is 14.0 Å². The highest BCUT2D eigenvalue weighted by molar-refractivity contribution is 5.92. The van der Waals surface area contributed by atoms with Gasteiger partial charge in [-0.15, -0.1) is 12.4 Å². The normalized spacial score (nSPS) is 20.3. The zero-order valence-corrected chi connectivity index (χ0v) is 27.0. The van der Waals surface area contributed by atoms with Gasteiger partial charge in [0, 0.05) is 36.4 Å². The van der Waals surface area contributed by atoms with Crippen LogP contribution in [0.3, 0.4) is 0 Å². The van der Waals surface area contributed by atoms with Crippen molar-refractivity contribution < 1.29 is 13.9 Å². The molecule has 47 heavy (non-hydrogen) atoms. The van der Waals surface area contributed by atoms with E-state index in [0.29, 0.717) is 54.4 Å². The molecule has 2 fully saturated rings. The zero-order chi connectivity index (χ0) is 31.8. The Hall–Kier alpha value is -4.62. The fourth-order valence-electron chi connectivity index (χ4n) is 6.46. The van der Waals surface area contributed by atoms with Crippen molar-refractivity contribution in [3.8, 4) is 5.82 Å². The lowest BCUT2D eigenvalue weighted by Gasteiger charge is -2.38. The van der Waals surface area contributed by atoms with Crippen LogP contribution in [0.1, 0.15) is 81.1 Å². The van der Waals surface area contributed by atoms with Gasteiger partial charge in [0.1, 0.15) is 5.60 Å². The number of hydrogen-bond acceptors (Lipinski definition) is 8. The second kappa shape index (κ2) is 13.2. The summed E-state index contributed by atoms with van der Waals surface area (Å²) in [5.74, 6) is 1.54. The van der Waals surface area contributed by atoms with E-state index in [1.807, 2.05) is 43.3 Å². The van der Waals surface area contributed by atoms with Crippen molar-refractivity contribution >= 4 is 40.7 Å². The third-order valence-electron chi connectivity index (χ3n) is 9.53. The molecule has 246 valence electrons. The summed E-state index contributed by atoms with van der Waals surface area (Å²) in [6.45, 7) is 1.87. The summed E-state index contributed by atoms with van der Waals surface area (Å²) in [4.78, 5) is 31.7. The Morgan fingerprint density at radius 1 is 1.11 bits per heavy atom. The minimum absolute atomic E-state index is 0. The van der Waals surface area contributed by atoms with Crippen LogP contribution in [0.25, 0.3) is 16.6 Å². The number of hydrogen-bond donors (Lipinski definition) is 3. The van der Waals surface area contributed by atoms with E-state index in [-0.39, 0.29) is 36.0 Å². The summed E-state index contributed by atoms with van der Waals surface area (Å²) in [5.41, 5.74) is 0.689. The van der Waals surface area contributed by atoms with Crippen LogP contribution in [0.2, 0.25) is 0 Å². The molecule has 4 heterocycles. The third kappa shape index (κ3) is 6.24. The average molecular weight is 662 g/mol. The van der Waals surface area contributed by atoms with E-state index in [2.05, 4.69) is 30.9 Å². The van der Waals surface area contributed by atoms with E-state index in [0.717, 1.165) is 35.7 Å². The second-order valence-corrected chi connectivity index (χ2v) is 12.3. The number of halogens is 2. The Morgan fingerprint density at radius 2 is 1.87 bits per heavy atom. The number of H-pyrrole nitrogens is 1. The van der Waals surface area contributed by atoms with E-state index >= 15 is 0 Å². The van der Waals surface area contributed by atoms with Crippen molar-refractivity contribution in [2.24, 2.45) is 0 Å². The molecule has 14 heteroatoms. The number of methoxy groups -OCH3 is 1. The number of amides is 1. The smallest absolute Gasteiger partial charge is 0.275 e. The standard InChI is InChI=1S/C33H36FN9O3.ClH/c1-20(22-10-11-29(35-17-22)42-19-23(34)18-36-42)37-32(45)33(46-2)14-12-24(13-15-33)43-31(44)26-9-4-3-8-25(26)30(41-43)38-28-16-27(39-40-28)21-6-5-7-21;/h3-4,8-11,16-21,24H,5-7,12-15H2,1-2H3,(H,37,45)(H2,38,39,40,41);1H/t20-,24?,33?;/m0./s1. The molecule has 2 aliphatic carbocycles. The van der Waals surface area contributed by atoms with Crippen LogP contribution in [0.4, 0.5) is 16.0 Å². The Kier molecular flexibility index (Phi) is 9.11. The number of nitrogens with one attached hydrogen (secondary N) is 3. The Labute approximate surface area is 276 Å². The number of benzene rings is 1. The molecule has 1 amide bonds. The lowest BCUT2D eigenvalue weighted by atomic mass is 9.81. The van der Waals surface area contributed by atoms with Crippen LogP contribution in [0, 0.1) is 5.82 Å². The Morgan fingerprint density at radius 3 is 2.51 bits per heavy atom. The monoisotopic (exact) mass is 661 g/mol. The number of pyridine rings is 1. The number of anilines is 2. The van der Waals surface area contributed by atoms with Gasteiger partial charge >= 0.3 is 0 Å². The molecule has 5 aromatic rings. The van der Waals surface area contributed by atoms with Gasteiger partial charge in [-0.05, 0) is 63.1 Å². The van der Waals surface area contributed by atoms with Crippen molar-refractivity contribution in [2.45, 2.75) is 75.5 Å². The first-order valence-electron chi connectivity index (χ1n) is 15.7. The third-order valence-corrected chi connectivity index (χ3v) is 9.53. The molecule has 7 rings (SSSR count). The molecule has 0 radical (unpaired) electrons. The van der Waals surface area contributed by atoms with Crippen LogP contribution >= 0.6 is 12.4 Å². The van der Waals surface area contributed by atoms with Gasteiger partial charge in [-0.1, -0.05) is 30.7 Å². The predicted molar refractivity (Wildman–Crippen MR) is 177 cm³/mol. The largest absolute Gasteiger partial charge is 0.368 e. The van der Waals surface area contributed by atoms with Gasteiger partial charge in [-0.3, -0.25) is 14.7 Å². The molecule has 1 atom stereocenters. The maximum absolute atomic E-state index is 13.7. The topological polar surface area (TPSA) is 145 Å². The summed E-state index contributed by atoms with van der Waals surface area (Å²) in [6.07, 6.45) is 9.46. The quantitative estimate of drug-likeness (QED) is 0.184. The fraction of sp³-hybridized carbons (Fsp3) is 0.394. The maximum Gasteiger partial charge on any atom is 0.275 e. The lowest BCUT2D eigenvalue weighted by Crippen LogP contribution is -2.51. The molecule has 12 nitrogen and oxygen atoms in total. The van der Waals surface area contributed by atoms with Crippen LogP contribution in [-0.4, -0.2) is 53.4 Å². The summed E-state index contributed by atoms with van der Waals surface area (Å²) >= 11 is 0. The highest BCUT2D eigenvalue weighted by Gasteiger charge is 2.43. The highest BCUT2D eigenvalue weighted by Crippen LogP contribution is 2.38. The number of rotatable bonds is 9. The van der Waals surface area contributed by atoms with Crippen molar-refractivity contribution in [2.75, 3.05) is 12.4 Å². The van der Waals surface area contributed by atoms with Gasteiger partial charge in [0.05, 0.1) is 29.9 Å². The first-order chi connectivity index (χ1) is 22.3. The number of carbonyl (C=O) groups is 1. The van der Waals surface area contributed by atoms with Gasteiger partial charge in [0.15, 0.2) is 23.3 Å². The molecule has 3 N–H and O–H groups in total. The van der Waals surface area contributed by atoms with Crippen LogP contribution in [0.5, 0.6) is 0 Å². The first kappa shape index (κ1) is 32.3. The highest BCUT2D eigenvalue weighted by atomic mass is 35.5. The molecule has 0 aliphatic heterocycles. The summed E-state index contributed by atoms with van der Waals surface area (Å²) in [5, 5.41) is 24.1. The minimum atomic E-state index is -1.04. The SMILES string of the molecule is COC1(C(=O)N[C@@H](C)c2ccc(-n3cc(F)cn3)nc2)CCC(n2nc(Nc3cc(C4CCC4)[nH]n3)c3ccccc3c2=O)CC1.Cl. The van der Waals surface area contributed by atoms with Gasteiger partial charge in [-0.25, -0.2) is 18.7 Å². The molecule has 4 aromatic heterocycles. The second-order valence-electron chi connectivity index (χ2n) is 12.3. The summed E-state index contributed by atoms with van der Waals surface area (Å²) < 4.78 is 22.1. The molecule has 0 bridgehead atoms. The predicted octanol–water partition coefficient (Wildman–Crippen LogP) is 5.65. The van der Waals surface area contributed by atoms with Crippen molar-refractivity contribution in [1.29, 1.82) is 0 Å². The molecule has 2 aliphatic rings. The van der Waals surface area contributed by atoms with Gasteiger partial charge in [0.25, 0.3) is 11.5 Å². The van der Waals surface area contributed by atoms with E-state index < -0.39 is 11.4 Å². The zero-order valence-electron chi connectivity index (χ0n) is 26.1. The van der Waals surface area contributed by atoms with Crippen molar-refractivity contribution in [3.63, 3.8) is 0 Å². The minimum Gasteiger partial charge on any atom is -0.368 e. The van der Waals surface area contributed by atoms with Crippen LogP contribution in [0.15, 0.2) is 65.8 Å². The molecule has 0 spiro atoms. The maximum atomic E-state index is 13.7. The first-order valence-corrected chi connectivity index (χ1v) is 15.7. The lowest BCUT2D eigenvalue weighted by molar-refractivity contribution is -0.149. The number of ether oxygens (including phenoxy) is 1. The summed E-state index contributed by atoms with van der Waals surface area (Å²) in [6, 6.07) is 12.5. The van der Waals surface area contributed by atoms with Crippen LogP contribution in [-0.2, 0) is 9.53 Å². The molecule has 0 saturated heterocycles. The number of fused-ring (bicyclic) bond motifs is 1. The van der Waals surface area contributed by atoms with Crippen molar-refractivity contribution in [3.05, 3.63) is 88.5 Å². The van der Waals surface area contributed by atoms with Gasteiger partial charge in [0.2, 0.25) is 0 Å². The molecule has 0 unspecified atom stereocenters. The Bertz CT molecular complexity index is 1930. The molecular weight excluding hydrogens is 625 g/mol. The van der Waals surface area contributed by atoms with E-state index in [1.165, 1.54) is 17.3 Å². The molecule has 1 aromatic carbocycles. The number of aromatic amines is 1. The Balaban J connectivity index is 0.00000386. The average Bonchev–Trinajstić information content (AvgIpc) is 3.70. The van der Waals surface area contributed by atoms with E-state index in [1.54, 1.807) is 24.1 Å². The summed E-state index contributed by atoms with van der Waals surface area (Å²) in [7, 11) is 1.55. The van der Waals surface area contributed by atoms with E-state index in [4.69, 9.17) is 9.84 Å².